The second kappa shape index (κ2) is 19.7. The van der Waals surface area contributed by atoms with E-state index in [0.29, 0.717) is 78.1 Å². The number of Topliss-reactive ketones (excluding diaryl/α,β-unsaturated/α-hetero) is 1. The van der Waals surface area contributed by atoms with Crippen molar-refractivity contribution in [2.75, 3.05) is 43.9 Å². The van der Waals surface area contributed by atoms with Crippen molar-refractivity contribution >= 4 is 63.8 Å². The van der Waals surface area contributed by atoms with Crippen molar-refractivity contribution in [3.05, 3.63) is 82.3 Å². The number of hydrogen-bond donors (Lipinski definition) is 1. The molecular weight excluding hydrogens is 928 g/mol. The number of nitrogens with one attached hydrogen (secondary N) is 1. The van der Waals surface area contributed by atoms with E-state index in [1.807, 2.05) is 30.2 Å². The fourth-order valence-corrected chi connectivity index (χ4v) is 15.9. The van der Waals surface area contributed by atoms with Crippen molar-refractivity contribution < 1.29 is 37.8 Å². The van der Waals surface area contributed by atoms with E-state index in [1.54, 1.807) is 54.2 Å². The van der Waals surface area contributed by atoms with Crippen LogP contribution in [-0.4, -0.2) is 102 Å². The molecule has 5 fully saturated rings. The SMILES string of the molecule is C=C[C@@]1(C)C[C@H](OC(=O)CSC2CC3CCC(C2)N3C)[C@@](C)(C(C)CC)C2C(=O)CCC2(C)[C@H](C)[C@H]1OC(=O)C(OC(=O)c1c2n(c3cc(N4CCNCC4)c(F)cc3c1=O)C(C)S2)c1ccccc1. The summed E-state index contributed by atoms with van der Waals surface area (Å²) < 4.78 is 37.4. The molecule has 4 aliphatic heterocycles. The first-order valence-electron chi connectivity index (χ1n) is 25.5. The van der Waals surface area contributed by atoms with Gasteiger partial charge in [-0.2, -0.15) is 0 Å². The summed E-state index contributed by atoms with van der Waals surface area (Å²) in [5.41, 5.74) is -2.17. The van der Waals surface area contributed by atoms with Gasteiger partial charge < -0.3 is 33.9 Å². The highest BCUT2D eigenvalue weighted by Crippen LogP contribution is 2.64. The lowest BCUT2D eigenvalue weighted by Gasteiger charge is -2.58. The number of anilines is 1. The number of rotatable bonds is 13. The molecule has 2 aliphatic carbocycles. The zero-order valence-corrected chi connectivity index (χ0v) is 43.7. The van der Waals surface area contributed by atoms with Crippen LogP contribution in [0.5, 0.6) is 0 Å². The second-order valence-corrected chi connectivity index (χ2v) is 24.5. The van der Waals surface area contributed by atoms with Crippen LogP contribution in [-0.2, 0) is 28.6 Å². The minimum atomic E-state index is -1.61. The van der Waals surface area contributed by atoms with Crippen molar-refractivity contribution in [2.24, 2.45) is 34.0 Å². The number of pyridine rings is 1. The number of carbonyl (C=O) groups is 4. The highest BCUT2D eigenvalue weighted by Gasteiger charge is 2.65. The fourth-order valence-electron chi connectivity index (χ4n) is 13.6. The Hall–Kier alpha value is -4.18. The molecule has 15 heteroatoms. The number of nitrogens with zero attached hydrogens (tertiary/aromatic N) is 3. The number of piperidine rings is 1. The van der Waals surface area contributed by atoms with Crippen LogP contribution in [0.25, 0.3) is 10.9 Å². The Morgan fingerprint density at radius 3 is 2.36 bits per heavy atom. The number of esters is 3. The van der Waals surface area contributed by atoms with Gasteiger partial charge in [0.2, 0.25) is 11.5 Å². The Morgan fingerprint density at radius 1 is 1.03 bits per heavy atom. The molecule has 6 aliphatic rings. The predicted molar refractivity (Wildman–Crippen MR) is 274 cm³/mol. The number of piperazine rings is 1. The maximum atomic E-state index is 15.9. The Bertz CT molecular complexity index is 2590. The lowest BCUT2D eigenvalue weighted by atomic mass is 9.48. The van der Waals surface area contributed by atoms with Gasteiger partial charge in [0.15, 0.2) is 0 Å². The molecule has 7 unspecified atom stereocenters. The number of benzene rings is 2. The van der Waals surface area contributed by atoms with Gasteiger partial charge in [-0.1, -0.05) is 96.1 Å². The van der Waals surface area contributed by atoms with Crippen LogP contribution in [0.1, 0.15) is 127 Å². The minimum Gasteiger partial charge on any atom is -0.461 e. The number of ketones is 1. The summed E-state index contributed by atoms with van der Waals surface area (Å²) in [6, 6.07) is 12.5. The number of aromatic nitrogens is 1. The van der Waals surface area contributed by atoms with Gasteiger partial charge in [0.25, 0.3) is 0 Å². The first kappa shape index (κ1) is 50.7. The average molecular weight is 999 g/mol. The van der Waals surface area contributed by atoms with E-state index in [9.17, 15) is 19.2 Å². The van der Waals surface area contributed by atoms with E-state index in [2.05, 4.69) is 51.5 Å². The van der Waals surface area contributed by atoms with Gasteiger partial charge in [0.1, 0.15) is 29.4 Å². The summed E-state index contributed by atoms with van der Waals surface area (Å²) in [6.07, 6.45) is 4.88. The predicted octanol–water partition coefficient (Wildman–Crippen LogP) is 9.52. The zero-order valence-electron chi connectivity index (χ0n) is 42.1. The molecule has 378 valence electrons. The lowest BCUT2D eigenvalue weighted by molar-refractivity contribution is -0.201. The summed E-state index contributed by atoms with van der Waals surface area (Å²) in [5, 5.41) is 3.92. The summed E-state index contributed by atoms with van der Waals surface area (Å²) in [4.78, 5) is 77.4. The highest BCUT2D eigenvalue weighted by molar-refractivity contribution is 8.00. The van der Waals surface area contributed by atoms with Gasteiger partial charge in [0.05, 0.1) is 27.4 Å². The van der Waals surface area contributed by atoms with Crippen molar-refractivity contribution in [3.8, 4) is 0 Å². The summed E-state index contributed by atoms with van der Waals surface area (Å²) in [6.45, 7) is 21.4. The summed E-state index contributed by atoms with van der Waals surface area (Å²) in [7, 11) is 2.21. The van der Waals surface area contributed by atoms with Gasteiger partial charge in [-0.25, -0.2) is 14.0 Å². The lowest BCUT2D eigenvalue weighted by Crippen LogP contribution is -2.60. The van der Waals surface area contributed by atoms with Crippen LogP contribution in [0.4, 0.5) is 10.1 Å². The zero-order chi connectivity index (χ0) is 50.0. The molecule has 0 amide bonds. The smallest absolute Gasteiger partial charge is 0.352 e. The molecule has 9 rings (SSSR count). The minimum absolute atomic E-state index is 0.0144. The first-order valence-corrected chi connectivity index (χ1v) is 27.5. The number of fused-ring (bicyclic) bond motifs is 6. The topological polar surface area (TPSA) is 136 Å². The van der Waals surface area contributed by atoms with E-state index in [0.717, 1.165) is 19.3 Å². The van der Waals surface area contributed by atoms with E-state index in [4.69, 9.17) is 14.2 Å². The Labute approximate surface area is 420 Å². The first-order chi connectivity index (χ1) is 33.3. The molecule has 0 spiro atoms. The van der Waals surface area contributed by atoms with E-state index < -0.39 is 69.6 Å². The summed E-state index contributed by atoms with van der Waals surface area (Å²) >= 11 is 3.01. The van der Waals surface area contributed by atoms with E-state index in [1.165, 1.54) is 30.7 Å². The van der Waals surface area contributed by atoms with Crippen LogP contribution in [0, 0.1) is 39.8 Å². The fraction of sp³-hybridized carbons (Fsp3) is 0.618. The second-order valence-electron chi connectivity index (χ2n) is 21.9. The van der Waals surface area contributed by atoms with Crippen molar-refractivity contribution in [3.63, 3.8) is 0 Å². The molecule has 1 N–H and O–H groups in total. The molecule has 70 heavy (non-hydrogen) atoms. The van der Waals surface area contributed by atoms with Crippen LogP contribution in [0.2, 0.25) is 0 Å². The molecule has 2 aromatic carbocycles. The molecule has 2 saturated carbocycles. The normalized spacial score (nSPS) is 33.8. The molecule has 12 atom stereocenters. The largest absolute Gasteiger partial charge is 0.461 e. The summed E-state index contributed by atoms with van der Waals surface area (Å²) in [5.74, 6) is -3.39. The molecule has 3 saturated heterocycles. The molecule has 3 aromatic rings. The van der Waals surface area contributed by atoms with Crippen molar-refractivity contribution in [1.29, 1.82) is 0 Å². The number of ether oxygens (including phenoxy) is 3. The molecular formula is C55H71FN4O8S2. The third-order valence-electron chi connectivity index (χ3n) is 18.2. The maximum Gasteiger partial charge on any atom is 0.352 e. The van der Waals surface area contributed by atoms with Gasteiger partial charge in [-0.3, -0.25) is 14.4 Å². The van der Waals surface area contributed by atoms with E-state index in [-0.39, 0.29) is 46.2 Å². The van der Waals surface area contributed by atoms with Crippen LogP contribution < -0.4 is 15.6 Å². The number of hydrogen-bond acceptors (Lipinski definition) is 13. The third kappa shape index (κ3) is 8.73. The van der Waals surface area contributed by atoms with Gasteiger partial charge in [0, 0.05) is 83.5 Å². The van der Waals surface area contributed by atoms with E-state index >= 15 is 9.18 Å². The van der Waals surface area contributed by atoms with Crippen LogP contribution in [0.15, 0.2) is 64.9 Å². The van der Waals surface area contributed by atoms with Gasteiger partial charge in [-0.15, -0.1) is 18.3 Å². The van der Waals surface area contributed by atoms with Crippen molar-refractivity contribution in [2.45, 2.75) is 146 Å². The highest BCUT2D eigenvalue weighted by atomic mass is 32.2. The number of halogens is 1. The molecule has 1 aromatic heterocycles. The Kier molecular flexibility index (Phi) is 14.3. The number of thioether (sulfide) groups is 2. The van der Waals surface area contributed by atoms with Crippen LogP contribution in [0.3, 0.4) is 0 Å². The Morgan fingerprint density at radius 2 is 1.71 bits per heavy atom. The van der Waals surface area contributed by atoms with Crippen LogP contribution >= 0.6 is 23.5 Å². The monoisotopic (exact) mass is 998 g/mol. The maximum absolute atomic E-state index is 15.9. The molecule has 0 radical (unpaired) electrons. The Balaban J connectivity index is 1.04. The molecule has 12 nitrogen and oxygen atoms in total. The quantitative estimate of drug-likeness (QED) is 0.0990. The van der Waals surface area contributed by atoms with Gasteiger partial charge >= 0.3 is 17.9 Å². The third-order valence-corrected chi connectivity index (χ3v) is 20.6. The number of carbonyl (C=O) groups excluding carboxylic acids is 4. The average Bonchev–Trinajstić information content (AvgIpc) is 3.75. The van der Waals surface area contributed by atoms with Gasteiger partial charge in [-0.05, 0) is 76.0 Å². The molecule has 2 bridgehead atoms. The molecule has 5 heterocycles. The van der Waals surface area contributed by atoms with Crippen molar-refractivity contribution in [1.82, 2.24) is 14.8 Å². The standard InChI is InChI=1S/C55H71FN4O8S2/c1-10-31(3)55(8)43(66-44(62)30-69-37-25-35-17-18-36(26-37)58(35)9)29-53(6,11-2)49(32(4)54(7)20-19-42(61)48(54)55)68-52(65)47(34-15-13-12-14-16-34)67-51(64)45-46(63)38-27-39(56)41(59-23-21-57-22-24-59)28-40(38)60-33(5)70-50(45)60/h11-16,27-28,31-33,35-37,43,47-49,57H,2,10,17-26,29-30H2,1,3-9H3/t31?,32-,33?,35?,36?,37?,43+,47?,48?,49-,53+,54?,55-/m1/s1.